The maximum atomic E-state index is 12.5. The lowest BCUT2D eigenvalue weighted by Crippen LogP contribution is -2.43. The Morgan fingerprint density at radius 3 is 2.52 bits per heavy atom. The number of hydrogen-bond acceptors (Lipinski definition) is 6. The summed E-state index contributed by atoms with van der Waals surface area (Å²) in [7, 11) is 3.21. The lowest BCUT2D eigenvalue weighted by atomic mass is 9.97. The second-order valence-corrected chi connectivity index (χ2v) is 6.70. The average Bonchev–Trinajstić information content (AvgIpc) is 2.68. The number of piperidine rings is 1. The molecule has 1 aromatic carbocycles. The number of amides is 1. The summed E-state index contributed by atoms with van der Waals surface area (Å²) in [5.74, 6) is 1.19. The number of hydrogen-bond donors (Lipinski definition) is 1. The Bertz CT molecular complexity index is 641. The normalized spacial score (nSPS) is 16.4. The van der Waals surface area contributed by atoms with E-state index in [1.165, 1.54) is 0 Å². The maximum Gasteiger partial charge on any atom is 0.309 e. The summed E-state index contributed by atoms with van der Waals surface area (Å²) >= 11 is 0. The molecular weight excluding hydrogens is 348 g/mol. The Morgan fingerprint density at radius 1 is 1.22 bits per heavy atom. The third-order valence-electron chi connectivity index (χ3n) is 4.86. The fraction of sp³-hybridized carbons (Fsp3) is 0.600. The third-order valence-corrected chi connectivity index (χ3v) is 4.86. The first-order valence-electron chi connectivity index (χ1n) is 9.38. The number of methoxy groups -OCH3 is 2. The zero-order valence-electron chi connectivity index (χ0n) is 16.6. The van der Waals surface area contributed by atoms with E-state index in [0.29, 0.717) is 37.7 Å². The lowest BCUT2D eigenvalue weighted by Gasteiger charge is -2.30. The van der Waals surface area contributed by atoms with Crippen molar-refractivity contribution >= 4 is 11.9 Å². The molecule has 7 heteroatoms. The summed E-state index contributed by atoms with van der Waals surface area (Å²) in [6.45, 7) is 5.89. The van der Waals surface area contributed by atoms with Gasteiger partial charge in [-0.2, -0.15) is 0 Å². The molecule has 150 valence electrons. The van der Waals surface area contributed by atoms with Crippen LogP contribution in [0.3, 0.4) is 0 Å². The number of carbonyl (C=O) groups excluding carboxylic acids is 2. The molecular formula is C20H30N2O5. The molecule has 0 bridgehead atoms. The Balaban J connectivity index is 1.86. The molecule has 1 amide bonds. The zero-order chi connectivity index (χ0) is 19.8. The predicted molar refractivity (Wildman–Crippen MR) is 102 cm³/mol. The maximum absolute atomic E-state index is 12.5. The molecule has 0 spiro atoms. The van der Waals surface area contributed by atoms with Gasteiger partial charge in [0, 0.05) is 5.56 Å². The molecule has 7 nitrogen and oxygen atoms in total. The minimum absolute atomic E-state index is 0.0516. The predicted octanol–water partition coefficient (Wildman–Crippen LogP) is 2.16. The van der Waals surface area contributed by atoms with Crippen molar-refractivity contribution in [2.75, 3.05) is 40.5 Å². The molecule has 1 atom stereocenters. The molecule has 0 aromatic heterocycles. The minimum atomic E-state index is -0.209. The van der Waals surface area contributed by atoms with Crippen molar-refractivity contribution in [3.8, 4) is 11.5 Å². The Kier molecular flexibility index (Phi) is 7.91. The van der Waals surface area contributed by atoms with Crippen molar-refractivity contribution in [3.63, 3.8) is 0 Å². The molecule has 1 aliphatic heterocycles. The van der Waals surface area contributed by atoms with Crippen LogP contribution in [0.5, 0.6) is 11.5 Å². The van der Waals surface area contributed by atoms with Gasteiger partial charge in [0.25, 0.3) is 0 Å². The van der Waals surface area contributed by atoms with Gasteiger partial charge in [0.2, 0.25) is 5.91 Å². The second-order valence-electron chi connectivity index (χ2n) is 6.70. The van der Waals surface area contributed by atoms with Crippen molar-refractivity contribution in [3.05, 3.63) is 23.8 Å². The molecule has 1 N–H and O–H groups in total. The molecule has 0 saturated carbocycles. The van der Waals surface area contributed by atoms with Crippen LogP contribution in [0.1, 0.15) is 38.3 Å². The number of carbonyl (C=O) groups is 2. The van der Waals surface area contributed by atoms with Crippen LogP contribution in [0, 0.1) is 5.92 Å². The first kappa shape index (κ1) is 21.0. The topological polar surface area (TPSA) is 77.1 Å². The Morgan fingerprint density at radius 2 is 1.93 bits per heavy atom. The molecule has 0 unspecified atom stereocenters. The van der Waals surface area contributed by atoms with Crippen molar-refractivity contribution in [1.82, 2.24) is 10.2 Å². The van der Waals surface area contributed by atoms with Gasteiger partial charge in [-0.25, -0.2) is 0 Å². The van der Waals surface area contributed by atoms with E-state index in [4.69, 9.17) is 14.2 Å². The van der Waals surface area contributed by atoms with Gasteiger partial charge < -0.3 is 19.5 Å². The fourth-order valence-electron chi connectivity index (χ4n) is 3.33. The number of likely N-dealkylation sites (tertiary alicyclic amines) is 1. The van der Waals surface area contributed by atoms with Gasteiger partial charge in [-0.05, 0) is 58.0 Å². The van der Waals surface area contributed by atoms with Crippen LogP contribution in [-0.2, 0) is 14.3 Å². The van der Waals surface area contributed by atoms with Crippen molar-refractivity contribution < 1.29 is 23.8 Å². The number of nitrogens with zero attached hydrogens (tertiary/aromatic N) is 1. The SMILES string of the molecule is CCOC(=O)C1CCN(CC(=O)N[C@@H](C)c2cc(OC)ccc2OC)CC1. The Labute approximate surface area is 161 Å². The van der Waals surface area contributed by atoms with E-state index < -0.39 is 0 Å². The van der Waals surface area contributed by atoms with Gasteiger partial charge in [-0.15, -0.1) is 0 Å². The van der Waals surface area contributed by atoms with E-state index in [0.717, 1.165) is 18.4 Å². The summed E-state index contributed by atoms with van der Waals surface area (Å²) in [6.07, 6.45) is 1.46. The quantitative estimate of drug-likeness (QED) is 0.699. The second kappa shape index (κ2) is 10.2. The van der Waals surface area contributed by atoms with Crippen molar-refractivity contribution in [1.29, 1.82) is 0 Å². The van der Waals surface area contributed by atoms with E-state index in [1.807, 2.05) is 32.0 Å². The largest absolute Gasteiger partial charge is 0.497 e. The Hall–Kier alpha value is -2.28. The minimum Gasteiger partial charge on any atom is -0.497 e. The molecule has 1 heterocycles. The number of rotatable bonds is 8. The van der Waals surface area contributed by atoms with Gasteiger partial charge in [0.1, 0.15) is 11.5 Å². The monoisotopic (exact) mass is 378 g/mol. The van der Waals surface area contributed by atoms with Gasteiger partial charge in [-0.1, -0.05) is 0 Å². The van der Waals surface area contributed by atoms with Gasteiger partial charge in [0.05, 0.1) is 39.3 Å². The average molecular weight is 378 g/mol. The number of ether oxygens (including phenoxy) is 3. The number of esters is 1. The van der Waals surface area contributed by atoms with Crippen LogP contribution < -0.4 is 14.8 Å². The molecule has 1 saturated heterocycles. The fourth-order valence-corrected chi connectivity index (χ4v) is 3.33. The highest BCUT2D eigenvalue weighted by molar-refractivity contribution is 5.78. The number of nitrogens with one attached hydrogen (secondary N) is 1. The summed E-state index contributed by atoms with van der Waals surface area (Å²) in [6, 6.07) is 5.32. The molecule has 0 aliphatic carbocycles. The molecule has 0 radical (unpaired) electrons. The first-order valence-corrected chi connectivity index (χ1v) is 9.38. The summed E-state index contributed by atoms with van der Waals surface area (Å²) in [5.41, 5.74) is 0.867. The molecule has 1 aromatic rings. The number of benzene rings is 1. The van der Waals surface area contributed by atoms with Crippen molar-refractivity contribution in [2.45, 2.75) is 32.7 Å². The smallest absolute Gasteiger partial charge is 0.309 e. The van der Waals surface area contributed by atoms with Crippen LogP contribution in [0.15, 0.2) is 18.2 Å². The lowest BCUT2D eigenvalue weighted by molar-refractivity contribution is -0.149. The van der Waals surface area contributed by atoms with Crippen LogP contribution in [-0.4, -0.2) is 57.2 Å². The van der Waals surface area contributed by atoms with Crippen molar-refractivity contribution in [2.24, 2.45) is 5.92 Å². The van der Waals surface area contributed by atoms with E-state index in [-0.39, 0.29) is 23.8 Å². The van der Waals surface area contributed by atoms with E-state index >= 15 is 0 Å². The van der Waals surface area contributed by atoms with Gasteiger partial charge >= 0.3 is 5.97 Å². The van der Waals surface area contributed by atoms with Crippen LogP contribution in [0.25, 0.3) is 0 Å². The first-order chi connectivity index (χ1) is 13.0. The zero-order valence-corrected chi connectivity index (χ0v) is 16.6. The van der Waals surface area contributed by atoms with Crippen LogP contribution in [0.2, 0.25) is 0 Å². The standard InChI is InChI=1S/C20H30N2O5/c1-5-27-20(24)15-8-10-22(11-9-15)13-19(23)21-14(2)17-12-16(25-3)6-7-18(17)26-4/h6-7,12,14-15H,5,8-11,13H2,1-4H3,(H,21,23)/t14-/m0/s1. The molecule has 2 rings (SSSR count). The highest BCUT2D eigenvalue weighted by Gasteiger charge is 2.27. The van der Waals surface area contributed by atoms with Crippen LogP contribution in [0.4, 0.5) is 0 Å². The highest BCUT2D eigenvalue weighted by atomic mass is 16.5. The molecule has 27 heavy (non-hydrogen) atoms. The van der Waals surface area contributed by atoms with E-state index in [9.17, 15) is 9.59 Å². The summed E-state index contributed by atoms with van der Waals surface area (Å²) in [5, 5.41) is 3.02. The summed E-state index contributed by atoms with van der Waals surface area (Å²) in [4.78, 5) is 26.3. The molecule has 1 aliphatic rings. The van der Waals surface area contributed by atoms with Crippen LogP contribution >= 0.6 is 0 Å². The van der Waals surface area contributed by atoms with Gasteiger partial charge in [-0.3, -0.25) is 14.5 Å². The highest BCUT2D eigenvalue weighted by Crippen LogP contribution is 2.29. The molecule has 1 fully saturated rings. The third kappa shape index (κ3) is 5.85. The summed E-state index contributed by atoms with van der Waals surface area (Å²) < 4.78 is 15.7. The van der Waals surface area contributed by atoms with E-state index in [2.05, 4.69) is 10.2 Å². The van der Waals surface area contributed by atoms with E-state index in [1.54, 1.807) is 14.2 Å². The van der Waals surface area contributed by atoms with Gasteiger partial charge in [0.15, 0.2) is 0 Å².